The maximum absolute atomic E-state index is 14.1. The lowest BCUT2D eigenvalue weighted by Crippen LogP contribution is -2.52. The van der Waals surface area contributed by atoms with E-state index in [9.17, 15) is 18.8 Å². The number of benzene rings is 2. The molecule has 2 amide bonds. The smallest absolute Gasteiger partial charge is 0.412 e. The van der Waals surface area contributed by atoms with Crippen molar-refractivity contribution in [3.8, 4) is 5.75 Å². The topological polar surface area (TPSA) is 76.2 Å². The van der Waals surface area contributed by atoms with Gasteiger partial charge in [0.1, 0.15) is 30.2 Å². The fraction of sp³-hybridized carbons (Fsp3) is 0.464. The third kappa shape index (κ3) is 6.22. The molecule has 1 fully saturated rings. The van der Waals surface area contributed by atoms with Crippen LogP contribution < -0.4 is 4.74 Å². The zero-order valence-electron chi connectivity index (χ0n) is 22.0. The average molecular weight is 499 g/mol. The van der Waals surface area contributed by atoms with Crippen LogP contribution in [0.3, 0.4) is 0 Å². The summed E-state index contributed by atoms with van der Waals surface area (Å²) in [6, 6.07) is 11.4. The van der Waals surface area contributed by atoms with E-state index in [0.717, 1.165) is 5.56 Å². The number of halogens is 1. The number of nitrogens with zero attached hydrogens (tertiary/aromatic N) is 2. The van der Waals surface area contributed by atoms with E-state index in [2.05, 4.69) is 0 Å². The average Bonchev–Trinajstić information content (AvgIpc) is 3.03. The van der Waals surface area contributed by atoms with Crippen molar-refractivity contribution in [1.82, 2.24) is 9.80 Å². The first-order valence-corrected chi connectivity index (χ1v) is 12.0. The Morgan fingerprint density at radius 3 is 2.19 bits per heavy atom. The summed E-state index contributed by atoms with van der Waals surface area (Å²) in [7, 11) is 1.64. The Hall–Kier alpha value is -3.42. The van der Waals surface area contributed by atoms with Crippen molar-refractivity contribution < 1.29 is 28.2 Å². The second-order valence-corrected chi connectivity index (χ2v) is 11.2. The highest BCUT2D eigenvalue weighted by Crippen LogP contribution is 2.36. The third-order valence-electron chi connectivity index (χ3n) is 5.93. The molecule has 1 aliphatic rings. The van der Waals surface area contributed by atoms with Gasteiger partial charge in [-0.05, 0) is 44.0 Å². The fourth-order valence-electron chi connectivity index (χ4n) is 4.51. The first-order chi connectivity index (χ1) is 16.7. The zero-order chi connectivity index (χ0) is 26.8. The molecule has 0 aromatic heterocycles. The summed E-state index contributed by atoms with van der Waals surface area (Å²) < 4.78 is 25.5. The number of carbonyl (C=O) groups is 3. The van der Waals surface area contributed by atoms with Crippen molar-refractivity contribution in [3.63, 3.8) is 0 Å². The molecule has 2 atom stereocenters. The Bertz CT molecular complexity index is 1120. The zero-order valence-corrected chi connectivity index (χ0v) is 22.0. The molecule has 0 N–H and O–H groups in total. The van der Waals surface area contributed by atoms with Crippen LogP contribution in [0.2, 0.25) is 0 Å². The molecule has 2 aromatic carbocycles. The third-order valence-corrected chi connectivity index (χ3v) is 5.93. The van der Waals surface area contributed by atoms with E-state index in [-0.39, 0.29) is 24.5 Å². The van der Waals surface area contributed by atoms with Crippen LogP contribution >= 0.6 is 0 Å². The van der Waals surface area contributed by atoms with Crippen molar-refractivity contribution in [2.45, 2.75) is 72.4 Å². The van der Waals surface area contributed by atoms with E-state index >= 15 is 0 Å². The quantitative estimate of drug-likeness (QED) is 0.501. The highest BCUT2D eigenvalue weighted by molar-refractivity contribution is 5.93. The minimum atomic E-state index is -1.63. The molecule has 1 aliphatic heterocycles. The molecule has 194 valence electrons. The molecule has 0 bridgehead atoms. The van der Waals surface area contributed by atoms with Crippen LogP contribution in [0.25, 0.3) is 0 Å². The Morgan fingerprint density at radius 1 is 1.00 bits per heavy atom. The molecule has 0 aliphatic carbocycles. The van der Waals surface area contributed by atoms with E-state index in [1.807, 2.05) is 51.1 Å². The van der Waals surface area contributed by atoms with Gasteiger partial charge in [0.2, 0.25) is 5.91 Å². The monoisotopic (exact) mass is 498 g/mol. The second kappa shape index (κ2) is 10.3. The van der Waals surface area contributed by atoms with E-state index in [1.54, 1.807) is 40.0 Å². The minimum Gasteiger partial charge on any atom is -0.489 e. The number of carbonyl (C=O) groups excluding carboxylic acids is 3. The highest BCUT2D eigenvalue weighted by Gasteiger charge is 2.52. The van der Waals surface area contributed by atoms with Crippen LogP contribution in [0.4, 0.5) is 9.18 Å². The molecular formula is C28H35FN2O5. The van der Waals surface area contributed by atoms with Crippen LogP contribution in [-0.2, 0) is 22.6 Å². The van der Waals surface area contributed by atoms with Crippen molar-refractivity contribution in [1.29, 1.82) is 0 Å². The number of hydrogen-bond donors (Lipinski definition) is 0. The maximum Gasteiger partial charge on any atom is 0.412 e. The second-order valence-electron chi connectivity index (χ2n) is 11.2. The number of likely N-dealkylation sites (N-methyl/N-ethyl adjacent to an activating group) is 1. The molecule has 2 unspecified atom stereocenters. The van der Waals surface area contributed by atoms with Gasteiger partial charge in [-0.25, -0.2) is 4.79 Å². The van der Waals surface area contributed by atoms with Crippen LogP contribution in [0, 0.1) is 5.41 Å². The summed E-state index contributed by atoms with van der Waals surface area (Å²) in [6.07, 6.45) is -1.26. The number of ether oxygens (including phenoxy) is 2. The first-order valence-electron chi connectivity index (χ1n) is 12.0. The van der Waals surface area contributed by atoms with Crippen LogP contribution in [0.5, 0.6) is 5.75 Å². The summed E-state index contributed by atoms with van der Waals surface area (Å²) in [4.78, 5) is 41.4. The molecular weight excluding hydrogens is 463 g/mol. The lowest BCUT2D eigenvalue weighted by atomic mass is 9.91. The Labute approximate surface area is 212 Å². The fourth-order valence-corrected chi connectivity index (χ4v) is 4.51. The first kappa shape index (κ1) is 27.2. The number of rotatable bonds is 6. The van der Waals surface area contributed by atoms with E-state index < -0.39 is 35.4 Å². The van der Waals surface area contributed by atoms with Crippen LogP contribution in [0.15, 0.2) is 48.5 Å². The summed E-state index contributed by atoms with van der Waals surface area (Å²) in [5.41, 5.74) is -0.213. The SMILES string of the molecule is CN1C(=O)C(Cc2ccc(OCc3ccccc3)cc2C(=O)F)N(C(=O)OC(C)(C)C)C1C(C)(C)C. The molecule has 7 nitrogen and oxygen atoms in total. The molecule has 0 spiro atoms. The summed E-state index contributed by atoms with van der Waals surface area (Å²) in [5, 5.41) is 0. The van der Waals surface area contributed by atoms with Gasteiger partial charge in [-0.2, -0.15) is 4.39 Å². The van der Waals surface area contributed by atoms with E-state index in [1.165, 1.54) is 15.9 Å². The predicted molar refractivity (Wildman–Crippen MR) is 134 cm³/mol. The molecule has 3 rings (SSSR count). The van der Waals surface area contributed by atoms with Gasteiger partial charge in [0.15, 0.2) is 0 Å². The molecule has 36 heavy (non-hydrogen) atoms. The van der Waals surface area contributed by atoms with Gasteiger partial charge in [-0.1, -0.05) is 57.2 Å². The highest BCUT2D eigenvalue weighted by atomic mass is 19.1. The molecule has 8 heteroatoms. The summed E-state index contributed by atoms with van der Waals surface area (Å²) in [6.45, 7) is 11.3. The Kier molecular flexibility index (Phi) is 7.76. The maximum atomic E-state index is 14.1. The predicted octanol–water partition coefficient (Wildman–Crippen LogP) is 5.37. The standard InChI is InChI=1S/C28H35FN2O5/c1-27(2,3)25-30(7)24(33)22(31(25)26(34)36-28(4,5)6)15-19-13-14-20(16-21(19)23(29)32)35-17-18-11-9-8-10-12-18/h8-14,16,22,25H,15,17H2,1-7H3. The molecule has 1 heterocycles. The van der Waals surface area contributed by atoms with Crippen molar-refractivity contribution >= 4 is 18.0 Å². The number of hydrogen-bond acceptors (Lipinski definition) is 5. The van der Waals surface area contributed by atoms with Gasteiger partial charge >= 0.3 is 12.1 Å². The normalized spacial score (nSPS) is 18.4. The molecule has 0 radical (unpaired) electrons. The van der Waals surface area contributed by atoms with Crippen LogP contribution in [-0.4, -0.2) is 52.7 Å². The van der Waals surface area contributed by atoms with Crippen molar-refractivity contribution in [2.75, 3.05) is 7.05 Å². The van der Waals surface area contributed by atoms with Gasteiger partial charge in [0.05, 0.1) is 5.56 Å². The molecule has 0 saturated carbocycles. The molecule has 2 aromatic rings. The molecule has 1 saturated heterocycles. The van der Waals surface area contributed by atoms with Gasteiger partial charge in [0, 0.05) is 18.9 Å². The van der Waals surface area contributed by atoms with E-state index in [0.29, 0.717) is 11.3 Å². The van der Waals surface area contributed by atoms with Crippen molar-refractivity contribution in [2.24, 2.45) is 5.41 Å². The Morgan fingerprint density at radius 2 is 1.64 bits per heavy atom. The van der Waals surface area contributed by atoms with Gasteiger partial charge in [0.25, 0.3) is 0 Å². The van der Waals surface area contributed by atoms with Gasteiger partial charge in [-0.3, -0.25) is 14.5 Å². The Balaban J connectivity index is 1.92. The summed E-state index contributed by atoms with van der Waals surface area (Å²) >= 11 is 0. The minimum absolute atomic E-state index is 0.0427. The largest absolute Gasteiger partial charge is 0.489 e. The van der Waals surface area contributed by atoms with Crippen molar-refractivity contribution in [3.05, 3.63) is 65.2 Å². The van der Waals surface area contributed by atoms with Crippen LogP contribution in [0.1, 0.15) is 63.0 Å². The van der Waals surface area contributed by atoms with Gasteiger partial charge in [-0.15, -0.1) is 0 Å². The lowest BCUT2D eigenvalue weighted by Gasteiger charge is -2.39. The number of amides is 2. The van der Waals surface area contributed by atoms with E-state index in [4.69, 9.17) is 9.47 Å². The van der Waals surface area contributed by atoms with Gasteiger partial charge < -0.3 is 14.4 Å². The summed E-state index contributed by atoms with van der Waals surface area (Å²) in [5.74, 6) is 0.0254. The lowest BCUT2D eigenvalue weighted by molar-refractivity contribution is -0.129.